The summed E-state index contributed by atoms with van der Waals surface area (Å²) in [5.41, 5.74) is 4.18. The van der Waals surface area contributed by atoms with Gasteiger partial charge >= 0.3 is 0 Å². The van der Waals surface area contributed by atoms with E-state index in [-0.39, 0.29) is 11.7 Å². The molecule has 0 radical (unpaired) electrons. The van der Waals surface area contributed by atoms with Crippen molar-refractivity contribution in [1.29, 1.82) is 0 Å². The maximum atomic E-state index is 12.6. The van der Waals surface area contributed by atoms with Gasteiger partial charge in [-0.2, -0.15) is 0 Å². The normalized spacial score (nSPS) is 14.2. The monoisotopic (exact) mass is 450 g/mol. The third-order valence-electron chi connectivity index (χ3n) is 4.52. The van der Waals surface area contributed by atoms with Gasteiger partial charge in [-0.1, -0.05) is 36.8 Å². The molecule has 0 aliphatic carbocycles. The fraction of sp³-hybridized carbons (Fsp3) is 0.350. The second-order valence-corrected chi connectivity index (χ2v) is 9.43. The van der Waals surface area contributed by atoms with Crippen LogP contribution in [0, 0.1) is 6.92 Å². The maximum absolute atomic E-state index is 12.6. The van der Waals surface area contributed by atoms with Gasteiger partial charge in [-0.25, -0.2) is 8.42 Å². The number of anilines is 2. The first kappa shape index (κ1) is 19.9. The minimum Gasteiger partial charge on any atom is -0.311 e. The summed E-state index contributed by atoms with van der Waals surface area (Å²) in [4.78, 5) is 14.0. The number of hydrogen-bond donors (Lipinski definition) is 1. The lowest BCUT2D eigenvalue weighted by Gasteiger charge is -2.30. The molecule has 144 valence electrons. The van der Waals surface area contributed by atoms with Crippen molar-refractivity contribution in [1.82, 2.24) is 0 Å². The molecule has 1 aliphatic heterocycles. The molecule has 0 spiro atoms. The first-order valence-electron chi connectivity index (χ1n) is 8.98. The molecule has 0 aromatic heterocycles. The van der Waals surface area contributed by atoms with Crippen LogP contribution in [0.25, 0.3) is 0 Å². The third-order valence-corrected chi connectivity index (χ3v) is 6.38. The lowest BCUT2D eigenvalue weighted by Crippen LogP contribution is -2.36. The van der Waals surface area contributed by atoms with Crippen molar-refractivity contribution >= 4 is 43.2 Å². The van der Waals surface area contributed by atoms with Crippen LogP contribution in [0.5, 0.6) is 0 Å². The van der Waals surface area contributed by atoms with Gasteiger partial charge in [-0.05, 0) is 59.0 Å². The molecule has 2 aromatic rings. The summed E-state index contributed by atoms with van der Waals surface area (Å²) in [5, 5.41) is 0. The average Bonchev–Trinajstić information content (AvgIpc) is 2.59. The van der Waals surface area contributed by atoms with Crippen molar-refractivity contribution in [3.8, 4) is 0 Å². The molecule has 1 heterocycles. The van der Waals surface area contributed by atoms with Gasteiger partial charge < -0.3 is 4.90 Å². The number of amides is 1. The van der Waals surface area contributed by atoms with E-state index in [1.807, 2.05) is 44.2 Å². The number of nitrogens with zero attached hydrogens (tertiary/aromatic N) is 1. The van der Waals surface area contributed by atoms with Gasteiger partial charge in [0, 0.05) is 17.4 Å². The van der Waals surface area contributed by atoms with Gasteiger partial charge in [0.2, 0.25) is 15.9 Å². The van der Waals surface area contributed by atoms with Gasteiger partial charge in [0.25, 0.3) is 0 Å². The van der Waals surface area contributed by atoms with E-state index in [4.69, 9.17) is 0 Å². The SMILES string of the molecule is CCCN1C(=O)CCc2cc(NS(=O)(=O)Cc3ccc(C)cc3)cc(Br)c21. The molecule has 1 N–H and O–H groups in total. The van der Waals surface area contributed by atoms with E-state index in [0.717, 1.165) is 33.3 Å². The topological polar surface area (TPSA) is 66.5 Å². The Bertz CT molecular complexity index is 956. The van der Waals surface area contributed by atoms with Crippen molar-refractivity contribution in [3.05, 3.63) is 57.6 Å². The molecule has 0 bridgehead atoms. The molecule has 27 heavy (non-hydrogen) atoms. The van der Waals surface area contributed by atoms with Gasteiger partial charge in [0.1, 0.15) is 0 Å². The highest BCUT2D eigenvalue weighted by Gasteiger charge is 2.26. The lowest BCUT2D eigenvalue weighted by atomic mass is 10.0. The summed E-state index contributed by atoms with van der Waals surface area (Å²) in [7, 11) is -3.53. The summed E-state index contributed by atoms with van der Waals surface area (Å²) in [6.07, 6.45) is 1.92. The van der Waals surface area contributed by atoms with Crippen molar-refractivity contribution in [2.24, 2.45) is 0 Å². The van der Waals surface area contributed by atoms with Crippen LogP contribution < -0.4 is 9.62 Å². The minimum atomic E-state index is -3.53. The van der Waals surface area contributed by atoms with Crippen LogP contribution in [0.1, 0.15) is 36.5 Å². The number of carbonyl (C=O) groups excluding carboxylic acids is 1. The van der Waals surface area contributed by atoms with E-state index in [2.05, 4.69) is 20.7 Å². The molecular formula is C20H23BrN2O3S. The van der Waals surface area contributed by atoms with Crippen molar-refractivity contribution in [3.63, 3.8) is 0 Å². The number of halogens is 1. The lowest BCUT2D eigenvalue weighted by molar-refractivity contribution is -0.118. The standard InChI is InChI=1S/C20H23BrN2O3S/c1-3-10-23-19(24)9-8-16-11-17(12-18(21)20(16)23)22-27(25,26)13-15-6-4-14(2)5-7-15/h4-7,11-12,22H,3,8-10,13H2,1-2H3. The Hall–Kier alpha value is -1.86. The van der Waals surface area contributed by atoms with Crippen LogP contribution in [0.3, 0.4) is 0 Å². The Balaban J connectivity index is 1.85. The predicted molar refractivity (Wildman–Crippen MR) is 113 cm³/mol. The van der Waals surface area contributed by atoms with Crippen LogP contribution in [0.2, 0.25) is 0 Å². The Kier molecular flexibility index (Phi) is 5.91. The first-order chi connectivity index (χ1) is 12.8. The average molecular weight is 451 g/mol. The molecule has 0 atom stereocenters. The van der Waals surface area contributed by atoms with E-state index < -0.39 is 10.0 Å². The summed E-state index contributed by atoms with van der Waals surface area (Å²) in [6.45, 7) is 4.65. The number of hydrogen-bond acceptors (Lipinski definition) is 3. The van der Waals surface area contributed by atoms with E-state index in [9.17, 15) is 13.2 Å². The van der Waals surface area contributed by atoms with Gasteiger partial charge in [0.05, 0.1) is 17.1 Å². The number of sulfonamides is 1. The predicted octanol–water partition coefficient (Wildman–Crippen LogP) is 4.39. The van der Waals surface area contributed by atoms with E-state index in [1.165, 1.54) is 0 Å². The zero-order chi connectivity index (χ0) is 19.6. The molecule has 1 amide bonds. The zero-order valence-electron chi connectivity index (χ0n) is 15.5. The molecule has 5 nitrogen and oxygen atoms in total. The van der Waals surface area contributed by atoms with Crippen LogP contribution in [0.15, 0.2) is 40.9 Å². The van der Waals surface area contributed by atoms with Crippen molar-refractivity contribution in [2.75, 3.05) is 16.2 Å². The number of rotatable bonds is 6. The Morgan fingerprint density at radius 1 is 1.15 bits per heavy atom. The van der Waals surface area contributed by atoms with Gasteiger partial charge in [0.15, 0.2) is 0 Å². The number of carbonyl (C=O) groups is 1. The molecule has 2 aromatic carbocycles. The summed E-state index contributed by atoms with van der Waals surface area (Å²) in [5.74, 6) is 0.0281. The molecule has 0 saturated carbocycles. The molecule has 0 fully saturated rings. The molecule has 7 heteroatoms. The smallest absolute Gasteiger partial charge is 0.236 e. The third kappa shape index (κ3) is 4.71. The summed E-state index contributed by atoms with van der Waals surface area (Å²) < 4.78 is 28.5. The van der Waals surface area contributed by atoms with E-state index in [1.54, 1.807) is 11.0 Å². The van der Waals surface area contributed by atoms with Crippen LogP contribution in [-0.4, -0.2) is 20.9 Å². The van der Waals surface area contributed by atoms with Crippen LogP contribution in [-0.2, 0) is 27.0 Å². The van der Waals surface area contributed by atoms with E-state index in [0.29, 0.717) is 25.1 Å². The number of fused-ring (bicyclic) bond motifs is 1. The zero-order valence-corrected chi connectivity index (χ0v) is 17.9. The highest BCUT2D eigenvalue weighted by molar-refractivity contribution is 9.10. The van der Waals surface area contributed by atoms with Gasteiger partial charge in [-0.15, -0.1) is 0 Å². The molecule has 0 saturated heterocycles. The number of nitrogens with one attached hydrogen (secondary N) is 1. The maximum Gasteiger partial charge on any atom is 0.236 e. The molecule has 0 unspecified atom stereocenters. The quantitative estimate of drug-likeness (QED) is 0.709. The van der Waals surface area contributed by atoms with Crippen molar-refractivity contribution < 1.29 is 13.2 Å². The minimum absolute atomic E-state index is 0.0809. The fourth-order valence-corrected chi connectivity index (χ4v) is 5.18. The summed E-state index contributed by atoms with van der Waals surface area (Å²) >= 11 is 3.52. The number of aryl methyl sites for hydroxylation is 2. The fourth-order valence-electron chi connectivity index (χ4n) is 3.29. The second kappa shape index (κ2) is 8.02. The molecular weight excluding hydrogens is 428 g/mol. The van der Waals surface area contributed by atoms with Crippen LogP contribution in [0.4, 0.5) is 11.4 Å². The molecule has 3 rings (SSSR count). The number of benzene rings is 2. The highest BCUT2D eigenvalue weighted by atomic mass is 79.9. The molecule has 1 aliphatic rings. The largest absolute Gasteiger partial charge is 0.311 e. The van der Waals surface area contributed by atoms with E-state index >= 15 is 0 Å². The van der Waals surface area contributed by atoms with Crippen molar-refractivity contribution in [2.45, 2.75) is 38.9 Å². The Morgan fingerprint density at radius 2 is 1.85 bits per heavy atom. The second-order valence-electron chi connectivity index (χ2n) is 6.86. The first-order valence-corrected chi connectivity index (χ1v) is 11.4. The van der Waals surface area contributed by atoms with Crippen LogP contribution >= 0.6 is 15.9 Å². The highest BCUT2D eigenvalue weighted by Crippen LogP contribution is 2.38. The Morgan fingerprint density at radius 3 is 2.52 bits per heavy atom. The Labute approximate surface area is 169 Å². The van der Waals surface area contributed by atoms with Gasteiger partial charge in [-0.3, -0.25) is 9.52 Å². The summed E-state index contributed by atoms with van der Waals surface area (Å²) in [6, 6.07) is 11.0.